The molecule has 15 atom stereocenters. The topological polar surface area (TPSA) is 391 Å². The van der Waals surface area contributed by atoms with Crippen LogP contribution >= 0.6 is 0 Å². The molecule has 24 nitrogen and oxygen atoms in total. The molecule has 8 amide bonds. The number of benzene rings is 1. The van der Waals surface area contributed by atoms with Gasteiger partial charge in [-0.15, -0.1) is 0 Å². The molecule has 3 saturated heterocycles. The van der Waals surface area contributed by atoms with Crippen molar-refractivity contribution in [2.45, 2.75) is 203 Å². The van der Waals surface area contributed by atoms with E-state index in [1.165, 1.54) is 30.7 Å². The molecule has 74 heavy (non-hydrogen) atoms. The van der Waals surface area contributed by atoms with Crippen molar-refractivity contribution in [3.63, 3.8) is 0 Å². The van der Waals surface area contributed by atoms with Gasteiger partial charge in [-0.2, -0.15) is 0 Å². The number of primary amides is 1. The Kier molecular flexibility index (Phi) is 23.9. The second-order valence-corrected chi connectivity index (χ2v) is 20.5. The van der Waals surface area contributed by atoms with Gasteiger partial charge in [-0.3, -0.25) is 38.4 Å². The number of aliphatic hydroxyl groups is 7. The van der Waals surface area contributed by atoms with Gasteiger partial charge in [0.05, 0.1) is 36.9 Å². The van der Waals surface area contributed by atoms with E-state index in [4.69, 9.17) is 5.73 Å². The maximum atomic E-state index is 14.4. The van der Waals surface area contributed by atoms with Gasteiger partial charge in [0.25, 0.3) is 0 Å². The average Bonchev–Trinajstić information content (AvgIpc) is 3.93. The summed E-state index contributed by atoms with van der Waals surface area (Å²) in [4.78, 5) is 112. The maximum Gasteiger partial charge on any atom is 0.248 e. The van der Waals surface area contributed by atoms with Crippen molar-refractivity contribution in [1.29, 1.82) is 0 Å². The number of hydrogen-bond donors (Lipinski definition) is 14. The van der Waals surface area contributed by atoms with Gasteiger partial charge in [-0.25, -0.2) is 0 Å². The van der Waals surface area contributed by atoms with E-state index in [0.29, 0.717) is 24.7 Å². The Morgan fingerprint density at radius 1 is 0.743 bits per heavy atom. The van der Waals surface area contributed by atoms with Gasteiger partial charge in [0, 0.05) is 38.8 Å². The second-order valence-electron chi connectivity index (χ2n) is 20.5. The summed E-state index contributed by atoms with van der Waals surface area (Å²) in [5.41, 5.74) is 5.48. The van der Waals surface area contributed by atoms with Gasteiger partial charge in [-0.1, -0.05) is 77.8 Å². The number of nitrogens with two attached hydrogens (primary N) is 1. The normalized spacial score (nSPS) is 28.8. The number of aromatic hydroxyl groups is 1. The first-order valence-corrected chi connectivity index (χ1v) is 25.9. The number of amides is 8. The monoisotopic (exact) mass is 1050 g/mol. The highest BCUT2D eigenvalue weighted by Crippen LogP contribution is 2.26. The lowest BCUT2D eigenvalue weighted by Gasteiger charge is -2.33. The van der Waals surface area contributed by atoms with Crippen LogP contribution in [0.2, 0.25) is 0 Å². The van der Waals surface area contributed by atoms with Crippen molar-refractivity contribution in [1.82, 2.24) is 36.4 Å². The van der Waals surface area contributed by atoms with E-state index < -0.39 is 165 Å². The number of phenols is 1. The predicted molar refractivity (Wildman–Crippen MR) is 264 cm³/mol. The number of phenolic OH excluding ortho intramolecular Hbond substituents is 1. The van der Waals surface area contributed by atoms with Crippen LogP contribution in [0.25, 0.3) is 0 Å². The molecule has 3 aliphatic rings. The fraction of sp³-hybridized carbons (Fsp3) is 0.720. The van der Waals surface area contributed by atoms with E-state index in [-0.39, 0.29) is 24.2 Å². The number of fused-ring (bicyclic) bond motifs is 2. The summed E-state index contributed by atoms with van der Waals surface area (Å²) in [6.45, 7) is 6.93. The van der Waals surface area contributed by atoms with Crippen LogP contribution in [0, 0.1) is 11.8 Å². The summed E-state index contributed by atoms with van der Waals surface area (Å²) in [7, 11) is 0. The van der Waals surface area contributed by atoms with Crippen LogP contribution in [0.3, 0.4) is 0 Å². The molecule has 0 spiro atoms. The molecule has 0 saturated carbocycles. The van der Waals surface area contributed by atoms with Gasteiger partial charge in [0.2, 0.25) is 47.3 Å². The summed E-state index contributed by atoms with van der Waals surface area (Å²) >= 11 is 0. The molecule has 416 valence electrons. The van der Waals surface area contributed by atoms with Crippen molar-refractivity contribution in [2.75, 3.05) is 13.1 Å². The summed E-state index contributed by atoms with van der Waals surface area (Å²) in [6, 6.07) is -6.00. The fourth-order valence-electron chi connectivity index (χ4n) is 9.75. The van der Waals surface area contributed by atoms with Gasteiger partial charge >= 0.3 is 0 Å². The number of nitrogens with zero attached hydrogens (tertiary/aromatic N) is 2. The average molecular weight is 1050 g/mol. The summed E-state index contributed by atoms with van der Waals surface area (Å²) < 4.78 is 0. The van der Waals surface area contributed by atoms with Crippen LogP contribution in [0.1, 0.15) is 136 Å². The Morgan fingerprint density at radius 2 is 1.36 bits per heavy atom. The van der Waals surface area contributed by atoms with Crippen LogP contribution in [0.5, 0.6) is 5.75 Å². The summed E-state index contributed by atoms with van der Waals surface area (Å²) in [5.74, 6) is -7.77. The smallest absolute Gasteiger partial charge is 0.248 e. The van der Waals surface area contributed by atoms with Crippen molar-refractivity contribution in [3.05, 3.63) is 29.8 Å². The molecule has 15 N–H and O–H groups in total. The van der Waals surface area contributed by atoms with E-state index in [2.05, 4.69) is 47.4 Å². The molecule has 0 bridgehead atoms. The second kappa shape index (κ2) is 29.0. The Morgan fingerprint density at radius 3 is 2.00 bits per heavy atom. The first-order valence-electron chi connectivity index (χ1n) is 25.9. The quantitative estimate of drug-likeness (QED) is 0.0610. The molecule has 24 heteroatoms. The minimum absolute atomic E-state index is 0.0603. The van der Waals surface area contributed by atoms with Crippen LogP contribution in [-0.4, -0.2) is 184 Å². The number of hydrogen-bond acceptors (Lipinski definition) is 16. The van der Waals surface area contributed by atoms with Crippen molar-refractivity contribution in [2.24, 2.45) is 17.6 Å². The van der Waals surface area contributed by atoms with Crippen LogP contribution < -0.4 is 32.3 Å². The largest absolute Gasteiger partial charge is 0.508 e. The number of rotatable bonds is 20. The lowest BCUT2D eigenvalue weighted by molar-refractivity contribution is -0.148. The number of carbonyl (C=O) groups excluding carboxylic acids is 8. The van der Waals surface area contributed by atoms with Crippen molar-refractivity contribution < 1.29 is 79.2 Å². The Bertz CT molecular complexity index is 2070. The first kappa shape index (κ1) is 61.1. The Hall–Kier alpha value is -5.50. The van der Waals surface area contributed by atoms with E-state index in [9.17, 15) is 79.2 Å². The number of aliphatic hydroxyl groups excluding tert-OH is 7. The predicted octanol–water partition coefficient (Wildman–Crippen LogP) is -2.31. The molecule has 3 fully saturated rings. The van der Waals surface area contributed by atoms with Crippen molar-refractivity contribution >= 4 is 47.3 Å². The van der Waals surface area contributed by atoms with Crippen LogP contribution in [0.15, 0.2) is 24.3 Å². The van der Waals surface area contributed by atoms with Crippen molar-refractivity contribution in [3.8, 4) is 5.75 Å². The molecule has 0 aromatic heterocycles. The highest BCUT2D eigenvalue weighted by Gasteiger charge is 2.48. The van der Waals surface area contributed by atoms with Gasteiger partial charge < -0.3 is 83.0 Å². The lowest BCUT2D eigenvalue weighted by Crippen LogP contribution is -2.62. The fourth-order valence-corrected chi connectivity index (χ4v) is 9.75. The zero-order chi connectivity index (χ0) is 55.0. The van der Waals surface area contributed by atoms with Gasteiger partial charge in [0.15, 0.2) is 6.23 Å². The minimum atomic E-state index is -2.25. The van der Waals surface area contributed by atoms with Gasteiger partial charge in [-0.05, 0) is 55.7 Å². The highest BCUT2D eigenvalue weighted by molar-refractivity contribution is 5.98. The molecule has 4 rings (SSSR count). The van der Waals surface area contributed by atoms with E-state index in [0.717, 1.165) is 55.2 Å². The third kappa shape index (κ3) is 17.8. The SMILES string of the molecule is CC[C@H](C)C[C@H](C)CCCCCCCCC(=O)N[C@@H]1C[C@@H](O)[C@@H](O)NC(=O)[C@@H]2[C@@H](O)CCN2C(=O)[C@H]([C@H](O)CC(N)=O)NC(=O)[C@H](C[C@@H](O)c2ccc(O)cc2)NC(=O)[C@@H]2C[C@@H](O)CN2C(=O)[C@H]([C@@H](C)O)NC1=O. The first-order chi connectivity index (χ1) is 34.9. The third-order valence-corrected chi connectivity index (χ3v) is 14.2. The molecule has 1 aromatic rings. The highest BCUT2D eigenvalue weighted by atomic mass is 16.3. The summed E-state index contributed by atoms with van der Waals surface area (Å²) in [5, 5.41) is 99.1. The minimum Gasteiger partial charge on any atom is -0.508 e. The Labute approximate surface area is 431 Å². The molecule has 0 radical (unpaired) electrons. The molecule has 0 aliphatic carbocycles. The number of carbonyl (C=O) groups is 8. The summed E-state index contributed by atoms with van der Waals surface area (Å²) in [6.07, 6.45) is -7.35. The van der Waals surface area contributed by atoms with E-state index in [1.807, 2.05) is 0 Å². The molecule has 1 aromatic carbocycles. The maximum absolute atomic E-state index is 14.4. The van der Waals surface area contributed by atoms with E-state index >= 15 is 0 Å². The number of unbranched alkanes of at least 4 members (excludes halogenated alkanes) is 5. The van der Waals surface area contributed by atoms with Gasteiger partial charge in [0.1, 0.15) is 48.1 Å². The molecule has 3 aliphatic heterocycles. The zero-order valence-corrected chi connectivity index (χ0v) is 42.8. The molecular formula is C50H80N8O16. The molecular weight excluding hydrogens is 969 g/mol. The number of nitrogens with one attached hydrogen (secondary N) is 5. The molecule has 0 unspecified atom stereocenters. The van der Waals surface area contributed by atoms with Crippen LogP contribution in [-0.2, 0) is 38.4 Å². The van der Waals surface area contributed by atoms with E-state index in [1.54, 1.807) is 0 Å². The molecule has 3 heterocycles. The van der Waals surface area contributed by atoms with Crippen LogP contribution in [0.4, 0.5) is 0 Å². The zero-order valence-electron chi connectivity index (χ0n) is 42.8. The lowest BCUT2D eigenvalue weighted by atomic mass is 9.91. The third-order valence-electron chi connectivity index (χ3n) is 14.2. The standard InChI is InChI=1S/C50H80N8O16/c1-5-26(2)20-27(3)12-10-8-6-7-9-11-13-40(67)52-32-23-38(65)47(71)56-48(72)43-35(62)18-19-57(43)50(74)42(37(64)24-39(51)66)55-45(69)33(22-36(63)29-14-16-30(60)17-15-29)53-46(70)34-21-31(61)25-58(34)49(73)41(28(4)59)54-44(32)68/h14-17,26-28,31-38,41-43,47,59-65,71H,5-13,18-25H2,1-4H3,(H2,51,66)(H,52,67)(H,53,70)(H,54,68)(H,55,69)(H,56,72)/t26-,27+,28+,31+,32+,33-,34-,35-,36+,37+,38+,41-,42-,43-,47+/m0/s1. The Balaban J connectivity index is 1.67.